The SMILES string of the molecule is Fc1cccc2c1[nH]c(=S)n2-c1ccsc1. The number of aromatic nitrogens is 2. The van der Waals surface area contributed by atoms with Crippen molar-refractivity contribution in [2.24, 2.45) is 0 Å². The van der Waals surface area contributed by atoms with E-state index in [1.54, 1.807) is 17.4 Å². The fourth-order valence-electron chi connectivity index (χ4n) is 1.74. The molecule has 0 fully saturated rings. The van der Waals surface area contributed by atoms with Crippen molar-refractivity contribution in [1.29, 1.82) is 0 Å². The number of benzene rings is 1. The number of rotatable bonds is 1. The Balaban J connectivity index is 2.46. The van der Waals surface area contributed by atoms with Gasteiger partial charge in [-0.2, -0.15) is 11.3 Å². The average Bonchev–Trinajstić information content (AvgIpc) is 2.85. The van der Waals surface area contributed by atoms with Gasteiger partial charge >= 0.3 is 0 Å². The Kier molecular flexibility index (Phi) is 2.15. The Hall–Kier alpha value is -1.46. The number of nitrogens with one attached hydrogen (secondary N) is 1. The van der Waals surface area contributed by atoms with E-state index < -0.39 is 0 Å². The van der Waals surface area contributed by atoms with Crippen molar-refractivity contribution < 1.29 is 4.39 Å². The maximum atomic E-state index is 13.5. The maximum Gasteiger partial charge on any atom is 0.182 e. The Morgan fingerprint density at radius 3 is 2.94 bits per heavy atom. The van der Waals surface area contributed by atoms with Crippen LogP contribution in [-0.2, 0) is 0 Å². The molecular weight excluding hydrogens is 243 g/mol. The molecule has 0 aliphatic carbocycles. The molecule has 2 heterocycles. The highest BCUT2D eigenvalue weighted by Crippen LogP contribution is 2.22. The Bertz CT molecular complexity index is 694. The van der Waals surface area contributed by atoms with Crippen LogP contribution >= 0.6 is 23.6 Å². The van der Waals surface area contributed by atoms with Gasteiger partial charge in [-0.15, -0.1) is 0 Å². The van der Waals surface area contributed by atoms with Crippen LogP contribution in [0.4, 0.5) is 4.39 Å². The first-order chi connectivity index (χ1) is 7.77. The summed E-state index contributed by atoms with van der Waals surface area (Å²) in [6.45, 7) is 0. The number of halogens is 1. The maximum absolute atomic E-state index is 13.5. The second-order valence-corrected chi connectivity index (χ2v) is 4.55. The summed E-state index contributed by atoms with van der Waals surface area (Å²) in [4.78, 5) is 2.89. The number of hydrogen-bond acceptors (Lipinski definition) is 2. The lowest BCUT2D eigenvalue weighted by atomic mass is 10.3. The van der Waals surface area contributed by atoms with Crippen molar-refractivity contribution in [2.75, 3.05) is 0 Å². The largest absolute Gasteiger partial charge is 0.328 e. The standard InChI is InChI=1S/C11H7FN2S2/c12-8-2-1-3-9-10(8)13-11(15)14(9)7-4-5-16-6-7/h1-6H,(H,13,15). The van der Waals surface area contributed by atoms with Crippen LogP contribution < -0.4 is 0 Å². The number of hydrogen-bond donors (Lipinski definition) is 1. The molecule has 0 aliphatic heterocycles. The number of imidazole rings is 1. The molecule has 5 heteroatoms. The van der Waals surface area contributed by atoms with Gasteiger partial charge in [0.15, 0.2) is 4.77 Å². The topological polar surface area (TPSA) is 20.7 Å². The van der Waals surface area contributed by atoms with Gasteiger partial charge in [-0.1, -0.05) is 6.07 Å². The monoisotopic (exact) mass is 250 g/mol. The van der Waals surface area contributed by atoms with Crippen molar-refractivity contribution in [1.82, 2.24) is 9.55 Å². The van der Waals surface area contributed by atoms with Crippen molar-refractivity contribution in [3.8, 4) is 5.69 Å². The minimum Gasteiger partial charge on any atom is -0.328 e. The smallest absolute Gasteiger partial charge is 0.182 e. The quantitative estimate of drug-likeness (QED) is 0.650. The first-order valence-electron chi connectivity index (χ1n) is 4.69. The zero-order valence-corrected chi connectivity index (χ0v) is 9.74. The zero-order valence-electron chi connectivity index (χ0n) is 8.11. The predicted molar refractivity (Wildman–Crippen MR) is 66.3 cm³/mol. The molecule has 1 N–H and O–H groups in total. The van der Waals surface area contributed by atoms with E-state index in [4.69, 9.17) is 12.2 Å². The van der Waals surface area contributed by atoms with E-state index in [9.17, 15) is 4.39 Å². The number of thiophene rings is 1. The van der Waals surface area contributed by atoms with Crippen LogP contribution in [0, 0.1) is 10.6 Å². The predicted octanol–water partition coefficient (Wildman–Crippen LogP) is 3.89. The summed E-state index contributed by atoms with van der Waals surface area (Å²) in [5.74, 6) is -0.280. The Morgan fingerprint density at radius 1 is 1.31 bits per heavy atom. The van der Waals surface area contributed by atoms with Gasteiger partial charge in [0.05, 0.1) is 11.2 Å². The molecule has 3 aromatic rings. The van der Waals surface area contributed by atoms with Crippen LogP contribution in [0.25, 0.3) is 16.7 Å². The van der Waals surface area contributed by atoms with Gasteiger partial charge in [-0.05, 0) is 35.8 Å². The van der Waals surface area contributed by atoms with Gasteiger partial charge in [0.25, 0.3) is 0 Å². The third-order valence-electron chi connectivity index (χ3n) is 2.43. The first-order valence-corrected chi connectivity index (χ1v) is 6.04. The van der Waals surface area contributed by atoms with E-state index in [2.05, 4.69) is 4.98 Å². The number of para-hydroxylation sites is 1. The molecule has 80 valence electrons. The van der Waals surface area contributed by atoms with Crippen LogP contribution in [-0.4, -0.2) is 9.55 Å². The number of aromatic amines is 1. The molecule has 0 spiro atoms. The molecule has 2 aromatic heterocycles. The lowest BCUT2D eigenvalue weighted by Crippen LogP contribution is -1.90. The highest BCUT2D eigenvalue weighted by Gasteiger charge is 2.09. The third kappa shape index (κ3) is 1.32. The van der Waals surface area contributed by atoms with Crippen molar-refractivity contribution in [3.05, 3.63) is 45.6 Å². The van der Waals surface area contributed by atoms with Crippen molar-refractivity contribution in [2.45, 2.75) is 0 Å². The van der Waals surface area contributed by atoms with Gasteiger partial charge in [-0.25, -0.2) is 4.39 Å². The van der Waals surface area contributed by atoms with E-state index in [1.807, 2.05) is 27.5 Å². The highest BCUT2D eigenvalue weighted by atomic mass is 32.1. The van der Waals surface area contributed by atoms with E-state index in [0.717, 1.165) is 11.2 Å². The fraction of sp³-hybridized carbons (Fsp3) is 0. The van der Waals surface area contributed by atoms with Crippen LogP contribution in [0.1, 0.15) is 0 Å². The second-order valence-electron chi connectivity index (χ2n) is 3.38. The summed E-state index contributed by atoms with van der Waals surface area (Å²) in [5.41, 5.74) is 2.19. The lowest BCUT2D eigenvalue weighted by Gasteiger charge is -2.00. The van der Waals surface area contributed by atoms with Crippen LogP contribution in [0.5, 0.6) is 0 Å². The zero-order chi connectivity index (χ0) is 11.1. The van der Waals surface area contributed by atoms with Crippen LogP contribution in [0.3, 0.4) is 0 Å². The molecule has 0 radical (unpaired) electrons. The van der Waals surface area contributed by atoms with Gasteiger partial charge < -0.3 is 4.98 Å². The molecule has 0 saturated carbocycles. The normalized spacial score (nSPS) is 11.1. The Labute approximate surface area is 100.0 Å². The van der Waals surface area contributed by atoms with E-state index in [-0.39, 0.29) is 5.82 Å². The molecule has 0 aliphatic rings. The van der Waals surface area contributed by atoms with Crippen molar-refractivity contribution in [3.63, 3.8) is 0 Å². The third-order valence-corrected chi connectivity index (χ3v) is 3.39. The van der Waals surface area contributed by atoms with Gasteiger partial charge in [0, 0.05) is 5.38 Å². The molecule has 0 unspecified atom stereocenters. The van der Waals surface area contributed by atoms with Crippen molar-refractivity contribution >= 4 is 34.6 Å². The molecule has 2 nitrogen and oxygen atoms in total. The molecule has 0 amide bonds. The summed E-state index contributed by atoms with van der Waals surface area (Å²) in [7, 11) is 0. The van der Waals surface area contributed by atoms with Gasteiger partial charge in [-0.3, -0.25) is 4.57 Å². The molecule has 16 heavy (non-hydrogen) atoms. The molecule has 0 bridgehead atoms. The summed E-state index contributed by atoms with van der Waals surface area (Å²) in [5, 5.41) is 3.95. The summed E-state index contributed by atoms with van der Waals surface area (Å²) < 4.78 is 15.9. The number of H-pyrrole nitrogens is 1. The van der Waals surface area contributed by atoms with E-state index >= 15 is 0 Å². The Morgan fingerprint density at radius 2 is 2.19 bits per heavy atom. The highest BCUT2D eigenvalue weighted by molar-refractivity contribution is 7.71. The minimum absolute atomic E-state index is 0.280. The fourth-order valence-corrected chi connectivity index (χ4v) is 2.66. The minimum atomic E-state index is -0.280. The second kappa shape index (κ2) is 3.54. The summed E-state index contributed by atoms with van der Waals surface area (Å²) in [6, 6.07) is 6.91. The summed E-state index contributed by atoms with van der Waals surface area (Å²) >= 11 is 6.79. The number of nitrogens with zero attached hydrogens (tertiary/aromatic N) is 1. The number of fused-ring (bicyclic) bond motifs is 1. The lowest BCUT2D eigenvalue weighted by molar-refractivity contribution is 0.637. The van der Waals surface area contributed by atoms with E-state index in [0.29, 0.717) is 10.3 Å². The van der Waals surface area contributed by atoms with E-state index in [1.165, 1.54) is 6.07 Å². The molecule has 1 aromatic carbocycles. The molecular formula is C11H7FN2S2. The molecule has 0 atom stereocenters. The first kappa shape index (κ1) is 9.74. The van der Waals surface area contributed by atoms with Crippen LogP contribution in [0.15, 0.2) is 35.0 Å². The van der Waals surface area contributed by atoms with Gasteiger partial charge in [0.1, 0.15) is 11.3 Å². The molecule has 3 rings (SSSR count). The average molecular weight is 250 g/mol. The van der Waals surface area contributed by atoms with Gasteiger partial charge in [0.2, 0.25) is 0 Å². The molecule has 0 saturated heterocycles. The van der Waals surface area contributed by atoms with Crippen LogP contribution in [0.2, 0.25) is 0 Å². The summed E-state index contributed by atoms with van der Waals surface area (Å²) in [6.07, 6.45) is 0.